The summed E-state index contributed by atoms with van der Waals surface area (Å²) in [6.45, 7) is 6.98. The third-order valence-corrected chi connectivity index (χ3v) is 10.6. The highest BCUT2D eigenvalue weighted by Gasteiger charge is 2.46. The van der Waals surface area contributed by atoms with Crippen LogP contribution in [0.3, 0.4) is 0 Å². The molecule has 7 rings (SSSR count). The number of hydrogen-bond acceptors (Lipinski definition) is 8. The summed E-state index contributed by atoms with van der Waals surface area (Å²) in [6.07, 6.45) is 0.00787. The second-order valence-electron chi connectivity index (χ2n) is 13.8. The van der Waals surface area contributed by atoms with Gasteiger partial charge in [0.2, 0.25) is 5.91 Å². The molecule has 50 heavy (non-hydrogen) atoms. The van der Waals surface area contributed by atoms with Gasteiger partial charge in [0.25, 0.3) is 5.56 Å². The number of rotatable bonds is 8. The van der Waals surface area contributed by atoms with Crippen LogP contribution in [-0.4, -0.2) is 49.6 Å². The van der Waals surface area contributed by atoms with Gasteiger partial charge in [0.1, 0.15) is 19.0 Å². The highest BCUT2D eigenvalue weighted by atomic mass is 19.1. The van der Waals surface area contributed by atoms with Gasteiger partial charge in [-0.05, 0) is 74.3 Å². The van der Waals surface area contributed by atoms with Crippen molar-refractivity contribution in [1.29, 1.82) is 0 Å². The van der Waals surface area contributed by atoms with Crippen molar-refractivity contribution in [2.75, 3.05) is 0 Å². The summed E-state index contributed by atoms with van der Waals surface area (Å²) in [5, 5.41) is 12.1. The van der Waals surface area contributed by atoms with E-state index in [4.69, 9.17) is 20.2 Å². The molecule has 3 atom stereocenters. The van der Waals surface area contributed by atoms with E-state index in [0.29, 0.717) is 35.3 Å². The number of amides is 2. The van der Waals surface area contributed by atoms with Gasteiger partial charge >= 0.3 is 12.1 Å². The van der Waals surface area contributed by atoms with Gasteiger partial charge in [-0.25, -0.2) is 19.0 Å². The Morgan fingerprint density at radius 2 is 1.86 bits per heavy atom. The van der Waals surface area contributed by atoms with Crippen molar-refractivity contribution in [2.45, 2.75) is 90.8 Å². The Bertz CT molecular complexity index is 2150. The minimum Gasteiger partial charge on any atom is -0.458 e. The lowest BCUT2D eigenvalue weighted by atomic mass is 9.75. The molecule has 0 bridgehead atoms. The van der Waals surface area contributed by atoms with Crippen LogP contribution in [0, 0.1) is 18.7 Å². The number of carbonyl (C=O) groups is 3. The predicted octanol–water partition coefficient (Wildman–Crippen LogP) is 4.53. The number of halogens is 1. The second kappa shape index (κ2) is 12.3. The highest BCUT2D eigenvalue weighted by molar-refractivity contribution is 5.93. The van der Waals surface area contributed by atoms with Crippen LogP contribution in [-0.2, 0) is 57.3 Å². The van der Waals surface area contributed by atoms with Crippen molar-refractivity contribution >= 4 is 28.9 Å². The van der Waals surface area contributed by atoms with E-state index >= 15 is 4.39 Å². The first kappa shape index (κ1) is 33.4. The van der Waals surface area contributed by atoms with Crippen molar-refractivity contribution in [1.82, 2.24) is 14.5 Å². The van der Waals surface area contributed by atoms with E-state index in [1.165, 1.54) is 6.07 Å². The Balaban J connectivity index is 1.35. The summed E-state index contributed by atoms with van der Waals surface area (Å²) in [6, 6.07) is 11.3. The number of fused-ring (bicyclic) bond motifs is 5. The van der Waals surface area contributed by atoms with Gasteiger partial charge < -0.3 is 29.8 Å². The minimum absolute atomic E-state index is 0.00188. The molecule has 0 fully saturated rings. The van der Waals surface area contributed by atoms with Crippen LogP contribution in [0.25, 0.3) is 22.3 Å². The van der Waals surface area contributed by atoms with Crippen LogP contribution >= 0.6 is 0 Å². The minimum atomic E-state index is -1.99. The summed E-state index contributed by atoms with van der Waals surface area (Å²) in [4.78, 5) is 59.5. The van der Waals surface area contributed by atoms with Crippen LogP contribution in [0.15, 0.2) is 47.3 Å². The smallest absolute Gasteiger partial charge is 0.410 e. The fourth-order valence-corrected chi connectivity index (χ4v) is 8.06. The molecular formula is C38H39FN4O7. The number of ether oxygens (including phenoxy) is 2. The van der Waals surface area contributed by atoms with Gasteiger partial charge in [-0.3, -0.25) is 9.59 Å². The SMILES string of the molecule is CC[C@@]1(O)C(=O)OCc2c1cc1n(c2=O)Cc2c-1nc1cc(F)c(C)c3c1c2CC(C(CC(N)=O)N(C(=O)OCc1ccccc1)C(C)C)C3. The standard InChI is InChI=1S/C38H39FN4O7/c1-5-38(48)27-13-31-34-25(16-42(31)35(45)26(27)18-49-36(38)46)24-12-22(11-23-20(4)28(39)14-29(41-34)33(23)24)30(15-32(40)44)43(19(2)3)37(47)50-17-21-9-7-6-8-10-21/h6-10,13-14,19,22,30,48H,5,11-12,15-18H2,1-4H3,(H2,40,44)/t22?,30?,38-/m0/s1. The zero-order chi connectivity index (χ0) is 35.6. The number of nitrogens with two attached hydrogens (primary N) is 1. The topological polar surface area (TPSA) is 154 Å². The number of cyclic esters (lactones) is 1. The van der Waals surface area contributed by atoms with Crippen LogP contribution in [0.2, 0.25) is 0 Å². The molecule has 0 spiro atoms. The molecule has 3 N–H and O–H groups in total. The van der Waals surface area contributed by atoms with E-state index in [1.54, 1.807) is 29.4 Å². The lowest BCUT2D eigenvalue weighted by Crippen LogP contribution is -2.51. The van der Waals surface area contributed by atoms with Gasteiger partial charge in [0.15, 0.2) is 5.60 Å². The first-order valence-electron chi connectivity index (χ1n) is 16.9. The maximum atomic E-state index is 15.7. The van der Waals surface area contributed by atoms with Crippen LogP contribution in [0.5, 0.6) is 0 Å². The Labute approximate surface area is 287 Å². The molecule has 2 amide bonds. The molecule has 11 nitrogen and oxygen atoms in total. The maximum absolute atomic E-state index is 15.7. The van der Waals surface area contributed by atoms with Crippen molar-refractivity contribution < 1.29 is 33.4 Å². The number of benzene rings is 2. The average molecular weight is 683 g/mol. The number of carbonyl (C=O) groups excluding carboxylic acids is 3. The normalized spacial score (nSPS) is 19.4. The van der Waals surface area contributed by atoms with Crippen LogP contribution < -0.4 is 11.3 Å². The summed E-state index contributed by atoms with van der Waals surface area (Å²) in [5.41, 5.74) is 8.66. The van der Waals surface area contributed by atoms with Crippen molar-refractivity contribution in [3.63, 3.8) is 0 Å². The zero-order valence-corrected chi connectivity index (χ0v) is 28.4. The Morgan fingerprint density at radius 3 is 2.54 bits per heavy atom. The molecule has 0 radical (unpaired) electrons. The molecule has 4 aromatic rings. The third-order valence-electron chi connectivity index (χ3n) is 10.6. The highest BCUT2D eigenvalue weighted by Crippen LogP contribution is 2.45. The number of esters is 1. The number of hydrogen-bond donors (Lipinski definition) is 2. The van der Waals surface area contributed by atoms with Gasteiger partial charge in [-0.1, -0.05) is 37.3 Å². The second-order valence-corrected chi connectivity index (χ2v) is 13.8. The van der Waals surface area contributed by atoms with E-state index in [1.807, 2.05) is 44.2 Å². The first-order chi connectivity index (χ1) is 23.8. The number of nitrogens with zero attached hydrogens (tertiary/aromatic N) is 3. The summed E-state index contributed by atoms with van der Waals surface area (Å²) >= 11 is 0. The number of pyridine rings is 2. The Hall–Kier alpha value is -5.10. The molecular weight excluding hydrogens is 643 g/mol. The third kappa shape index (κ3) is 5.24. The van der Waals surface area contributed by atoms with E-state index in [9.17, 15) is 24.3 Å². The predicted molar refractivity (Wildman–Crippen MR) is 181 cm³/mol. The van der Waals surface area contributed by atoms with E-state index in [0.717, 1.165) is 27.6 Å². The van der Waals surface area contributed by atoms with Crippen molar-refractivity contribution in [3.05, 3.63) is 97.6 Å². The summed E-state index contributed by atoms with van der Waals surface area (Å²) in [7, 11) is 0. The van der Waals surface area contributed by atoms with Crippen molar-refractivity contribution in [2.24, 2.45) is 11.7 Å². The average Bonchev–Trinajstić information content (AvgIpc) is 3.46. The quantitative estimate of drug-likeness (QED) is 0.226. The largest absolute Gasteiger partial charge is 0.458 e. The molecule has 2 aromatic heterocycles. The number of aliphatic hydroxyl groups is 1. The van der Waals surface area contributed by atoms with E-state index in [2.05, 4.69) is 0 Å². The number of primary amides is 1. The fraction of sp³-hybridized carbons (Fsp3) is 0.395. The zero-order valence-electron chi connectivity index (χ0n) is 28.4. The maximum Gasteiger partial charge on any atom is 0.410 e. The molecule has 2 aromatic carbocycles. The molecule has 1 aliphatic carbocycles. The molecule has 2 unspecified atom stereocenters. The van der Waals surface area contributed by atoms with Gasteiger partial charge in [-0.15, -0.1) is 0 Å². The first-order valence-corrected chi connectivity index (χ1v) is 16.9. The Morgan fingerprint density at radius 1 is 1.14 bits per heavy atom. The van der Waals surface area contributed by atoms with Gasteiger partial charge in [0.05, 0.1) is 29.0 Å². The number of aromatic nitrogens is 2. The molecule has 3 aliphatic rings. The van der Waals surface area contributed by atoms with Crippen LogP contribution in [0.4, 0.5) is 9.18 Å². The molecule has 4 heterocycles. The summed E-state index contributed by atoms with van der Waals surface area (Å²) < 4.78 is 28.2. The molecule has 260 valence electrons. The molecule has 0 saturated carbocycles. The van der Waals surface area contributed by atoms with Crippen molar-refractivity contribution in [3.8, 4) is 11.4 Å². The van der Waals surface area contributed by atoms with E-state index < -0.39 is 41.0 Å². The fourth-order valence-electron chi connectivity index (χ4n) is 8.06. The molecule has 12 heteroatoms. The van der Waals surface area contributed by atoms with Gasteiger partial charge in [0, 0.05) is 41.1 Å². The van der Waals surface area contributed by atoms with Gasteiger partial charge in [-0.2, -0.15) is 0 Å². The summed E-state index contributed by atoms with van der Waals surface area (Å²) in [5.74, 6) is -2.24. The lowest BCUT2D eigenvalue weighted by molar-refractivity contribution is -0.172. The van der Waals surface area contributed by atoms with Crippen LogP contribution in [0.1, 0.15) is 72.6 Å². The monoisotopic (exact) mass is 682 g/mol. The Kier molecular flexibility index (Phi) is 8.25. The molecule has 2 aliphatic heterocycles. The lowest BCUT2D eigenvalue weighted by Gasteiger charge is -2.41. The molecule has 0 saturated heterocycles. The van der Waals surface area contributed by atoms with E-state index in [-0.39, 0.29) is 55.7 Å².